The highest BCUT2D eigenvalue weighted by atomic mass is 15.3. The molecule has 2 aromatic carbocycles. The zero-order chi connectivity index (χ0) is 18.5. The van der Waals surface area contributed by atoms with Crippen LogP contribution in [0.3, 0.4) is 0 Å². The van der Waals surface area contributed by atoms with E-state index in [0.29, 0.717) is 17.3 Å². The molecule has 0 aliphatic carbocycles. The highest BCUT2D eigenvalue weighted by molar-refractivity contribution is 5.62. The van der Waals surface area contributed by atoms with E-state index in [0.717, 1.165) is 24.5 Å². The fourth-order valence-corrected chi connectivity index (χ4v) is 3.05. The monoisotopic (exact) mass is 357 g/mol. The summed E-state index contributed by atoms with van der Waals surface area (Å²) in [6, 6.07) is 17.5. The molecule has 1 aromatic heterocycles. The maximum absolute atomic E-state index is 8.86. The average molecular weight is 357 g/mol. The molecular formula is C20H19N7. The minimum atomic E-state index is 0.387. The fourth-order valence-electron chi connectivity index (χ4n) is 3.05. The molecule has 1 aliphatic heterocycles. The van der Waals surface area contributed by atoms with Crippen molar-refractivity contribution in [3.63, 3.8) is 0 Å². The van der Waals surface area contributed by atoms with Crippen molar-refractivity contribution in [1.82, 2.24) is 15.2 Å². The van der Waals surface area contributed by atoms with Crippen molar-refractivity contribution in [1.29, 1.82) is 5.26 Å². The Labute approximate surface area is 157 Å². The third-order valence-electron chi connectivity index (χ3n) is 4.44. The molecule has 0 amide bonds. The molecule has 4 rings (SSSR count). The summed E-state index contributed by atoms with van der Waals surface area (Å²) < 4.78 is 0. The maximum Gasteiger partial charge on any atom is 0.249 e. The highest BCUT2D eigenvalue weighted by Crippen LogP contribution is 2.23. The Kier molecular flexibility index (Phi) is 4.79. The van der Waals surface area contributed by atoms with Crippen molar-refractivity contribution in [2.75, 3.05) is 28.6 Å². The van der Waals surface area contributed by atoms with Crippen LogP contribution in [-0.2, 0) is 0 Å². The van der Waals surface area contributed by atoms with E-state index in [1.807, 2.05) is 12.1 Å². The van der Waals surface area contributed by atoms with Gasteiger partial charge in [-0.05, 0) is 61.4 Å². The summed E-state index contributed by atoms with van der Waals surface area (Å²) in [6.45, 7) is 2.26. The zero-order valence-electron chi connectivity index (χ0n) is 14.8. The van der Waals surface area contributed by atoms with E-state index in [4.69, 9.17) is 5.26 Å². The van der Waals surface area contributed by atoms with E-state index in [1.54, 1.807) is 30.5 Å². The van der Waals surface area contributed by atoms with Crippen molar-refractivity contribution < 1.29 is 0 Å². The number of aromatic nitrogens is 3. The number of anilines is 5. The van der Waals surface area contributed by atoms with Gasteiger partial charge in [-0.1, -0.05) is 0 Å². The molecule has 2 N–H and O–H groups in total. The van der Waals surface area contributed by atoms with Gasteiger partial charge < -0.3 is 15.5 Å². The number of nitrogens with one attached hydrogen (secondary N) is 2. The fraction of sp³-hybridized carbons (Fsp3) is 0.200. The first-order chi connectivity index (χ1) is 13.3. The Morgan fingerprint density at radius 3 is 2.26 bits per heavy atom. The smallest absolute Gasteiger partial charge is 0.249 e. The van der Waals surface area contributed by atoms with Crippen molar-refractivity contribution >= 4 is 28.8 Å². The van der Waals surface area contributed by atoms with E-state index in [1.165, 1.54) is 18.5 Å². The van der Waals surface area contributed by atoms with Gasteiger partial charge in [0.25, 0.3) is 0 Å². The number of nitriles is 1. The van der Waals surface area contributed by atoms with Crippen LogP contribution in [-0.4, -0.2) is 28.3 Å². The summed E-state index contributed by atoms with van der Waals surface area (Å²) in [6.07, 6.45) is 4.11. The highest BCUT2D eigenvalue weighted by Gasteiger charge is 2.11. The van der Waals surface area contributed by atoms with Crippen LogP contribution in [0, 0.1) is 11.3 Å². The van der Waals surface area contributed by atoms with Crippen LogP contribution in [0.1, 0.15) is 18.4 Å². The maximum atomic E-state index is 8.86. The number of nitrogens with zero attached hydrogens (tertiary/aromatic N) is 5. The lowest BCUT2D eigenvalue weighted by atomic mass is 10.2. The lowest BCUT2D eigenvalue weighted by molar-refractivity contribution is 0.949. The number of benzene rings is 2. The molecule has 0 radical (unpaired) electrons. The SMILES string of the molecule is N#Cc1ccc(Nc2nncc(Nc3ccc(N4CCCC4)cc3)n2)cc1. The third kappa shape index (κ3) is 4.12. The molecule has 0 atom stereocenters. The minimum Gasteiger partial charge on any atom is -0.372 e. The Morgan fingerprint density at radius 1 is 0.889 bits per heavy atom. The van der Waals surface area contributed by atoms with Gasteiger partial charge in [0.05, 0.1) is 17.8 Å². The van der Waals surface area contributed by atoms with Crippen LogP contribution in [0.2, 0.25) is 0 Å². The molecule has 0 bridgehead atoms. The first-order valence-corrected chi connectivity index (χ1v) is 8.89. The molecule has 0 saturated carbocycles. The normalized spacial score (nSPS) is 13.2. The standard InChI is InChI=1S/C20H19N7/c21-13-15-3-5-17(6-4-15)24-20-25-19(14-22-26-20)23-16-7-9-18(10-8-16)27-11-1-2-12-27/h3-10,14H,1-2,11-12H2,(H2,23,24,25,26). The molecule has 7 nitrogen and oxygen atoms in total. The van der Waals surface area contributed by atoms with Gasteiger partial charge in [0.2, 0.25) is 5.95 Å². The largest absolute Gasteiger partial charge is 0.372 e. The van der Waals surface area contributed by atoms with Gasteiger partial charge in [0, 0.05) is 30.2 Å². The van der Waals surface area contributed by atoms with E-state index in [-0.39, 0.29) is 0 Å². The first-order valence-electron chi connectivity index (χ1n) is 8.89. The molecule has 0 spiro atoms. The van der Waals surface area contributed by atoms with Gasteiger partial charge in [-0.25, -0.2) is 0 Å². The Bertz CT molecular complexity index is 939. The predicted octanol–water partition coefficient (Wildman–Crippen LogP) is 3.83. The van der Waals surface area contributed by atoms with Gasteiger partial charge in [0.15, 0.2) is 5.82 Å². The number of hydrogen-bond donors (Lipinski definition) is 2. The van der Waals surface area contributed by atoms with Crippen LogP contribution in [0.4, 0.5) is 28.8 Å². The van der Waals surface area contributed by atoms with Gasteiger partial charge in [-0.2, -0.15) is 15.3 Å². The lowest BCUT2D eigenvalue weighted by Gasteiger charge is -2.17. The molecule has 3 aromatic rings. The molecule has 134 valence electrons. The molecule has 1 aliphatic rings. The van der Waals surface area contributed by atoms with Gasteiger partial charge in [0.1, 0.15) is 0 Å². The second-order valence-corrected chi connectivity index (χ2v) is 6.35. The third-order valence-corrected chi connectivity index (χ3v) is 4.44. The Hall–Kier alpha value is -3.66. The zero-order valence-corrected chi connectivity index (χ0v) is 14.8. The second kappa shape index (κ2) is 7.70. The quantitative estimate of drug-likeness (QED) is 0.717. The molecular weight excluding hydrogens is 338 g/mol. The van der Waals surface area contributed by atoms with E-state index in [9.17, 15) is 0 Å². The molecule has 1 fully saturated rings. The number of hydrogen-bond acceptors (Lipinski definition) is 7. The molecule has 2 heterocycles. The van der Waals surface area contributed by atoms with Crippen molar-refractivity contribution in [3.05, 3.63) is 60.3 Å². The minimum absolute atomic E-state index is 0.387. The van der Waals surface area contributed by atoms with Gasteiger partial charge in [-0.3, -0.25) is 0 Å². The van der Waals surface area contributed by atoms with Crippen molar-refractivity contribution in [2.45, 2.75) is 12.8 Å². The molecule has 1 saturated heterocycles. The Balaban J connectivity index is 1.43. The van der Waals surface area contributed by atoms with Crippen molar-refractivity contribution in [2.24, 2.45) is 0 Å². The summed E-state index contributed by atoms with van der Waals surface area (Å²) in [5.74, 6) is 0.994. The van der Waals surface area contributed by atoms with Gasteiger partial charge >= 0.3 is 0 Å². The van der Waals surface area contributed by atoms with E-state index >= 15 is 0 Å². The predicted molar refractivity (Wildman–Crippen MR) is 105 cm³/mol. The molecule has 7 heteroatoms. The first kappa shape index (κ1) is 16.8. The number of rotatable bonds is 5. The van der Waals surface area contributed by atoms with Crippen molar-refractivity contribution in [3.8, 4) is 6.07 Å². The van der Waals surface area contributed by atoms with Crippen LogP contribution >= 0.6 is 0 Å². The lowest BCUT2D eigenvalue weighted by Crippen LogP contribution is -2.17. The summed E-state index contributed by atoms with van der Waals surface area (Å²) >= 11 is 0. The molecule has 0 unspecified atom stereocenters. The van der Waals surface area contributed by atoms with Crippen LogP contribution in [0.5, 0.6) is 0 Å². The van der Waals surface area contributed by atoms with Crippen LogP contribution in [0.25, 0.3) is 0 Å². The summed E-state index contributed by atoms with van der Waals surface area (Å²) in [5, 5.41) is 23.2. The molecule has 27 heavy (non-hydrogen) atoms. The van der Waals surface area contributed by atoms with E-state index < -0.39 is 0 Å². The van der Waals surface area contributed by atoms with Crippen LogP contribution in [0.15, 0.2) is 54.7 Å². The van der Waals surface area contributed by atoms with Crippen LogP contribution < -0.4 is 15.5 Å². The topological polar surface area (TPSA) is 89.8 Å². The Morgan fingerprint density at radius 2 is 1.56 bits per heavy atom. The summed E-state index contributed by atoms with van der Waals surface area (Å²) in [5.41, 5.74) is 3.60. The van der Waals surface area contributed by atoms with E-state index in [2.05, 4.69) is 48.9 Å². The average Bonchev–Trinajstić information content (AvgIpc) is 3.24. The van der Waals surface area contributed by atoms with Gasteiger partial charge in [-0.15, -0.1) is 5.10 Å². The summed E-state index contributed by atoms with van der Waals surface area (Å²) in [4.78, 5) is 6.83. The summed E-state index contributed by atoms with van der Waals surface area (Å²) in [7, 11) is 0. The second-order valence-electron chi connectivity index (χ2n) is 6.35.